The third-order valence-electron chi connectivity index (χ3n) is 5.82. The molecule has 0 aromatic heterocycles. The number of likely N-dealkylation sites (N-methyl/N-ethyl adjacent to an activating group) is 1. The third-order valence-corrected chi connectivity index (χ3v) is 5.82. The van der Waals surface area contributed by atoms with Crippen molar-refractivity contribution in [1.82, 2.24) is 4.90 Å². The van der Waals surface area contributed by atoms with Crippen molar-refractivity contribution in [3.63, 3.8) is 0 Å². The number of rotatable bonds is 13. The molecule has 1 heterocycles. The molecular formula is C21H43N2O+. The van der Waals surface area contributed by atoms with Crippen molar-refractivity contribution in [2.24, 2.45) is 0 Å². The van der Waals surface area contributed by atoms with Gasteiger partial charge in [0.1, 0.15) is 0 Å². The van der Waals surface area contributed by atoms with Crippen LogP contribution in [0.1, 0.15) is 90.9 Å². The Labute approximate surface area is 151 Å². The van der Waals surface area contributed by atoms with Crippen LogP contribution in [0.4, 0.5) is 0 Å². The maximum Gasteiger partial charge on any atom is 0.219 e. The number of carbonyl (C=O) groups is 1. The standard InChI is InChI=1S/C21H43N2O/c1-4-5-6-7-8-9-10-11-12-13-14-15-18-23(3)19-16-22(17-20-23)21(2)24/h4-20H2,1-3H3/q+1. The summed E-state index contributed by atoms with van der Waals surface area (Å²) < 4.78 is 1.17. The SMILES string of the molecule is CCCCCCCCCCCCCC[N+]1(C)CCN(C(C)=O)CC1. The van der Waals surface area contributed by atoms with Gasteiger partial charge in [0.15, 0.2) is 0 Å². The van der Waals surface area contributed by atoms with E-state index in [1.165, 1.54) is 88.1 Å². The molecule has 0 atom stereocenters. The van der Waals surface area contributed by atoms with Crippen LogP contribution in [0.25, 0.3) is 0 Å². The zero-order valence-electron chi connectivity index (χ0n) is 16.8. The minimum Gasteiger partial charge on any atom is -0.332 e. The van der Waals surface area contributed by atoms with Crippen LogP contribution in [0, 0.1) is 0 Å². The van der Waals surface area contributed by atoms with Crippen LogP contribution in [0.2, 0.25) is 0 Å². The second kappa shape index (κ2) is 12.7. The summed E-state index contributed by atoms with van der Waals surface area (Å²) in [6.45, 7) is 9.45. The van der Waals surface area contributed by atoms with Gasteiger partial charge in [0.2, 0.25) is 5.91 Å². The highest BCUT2D eigenvalue weighted by atomic mass is 16.2. The Morgan fingerprint density at radius 3 is 1.62 bits per heavy atom. The molecule has 1 saturated heterocycles. The number of hydrogen-bond donors (Lipinski definition) is 0. The van der Waals surface area contributed by atoms with Gasteiger partial charge in [-0.05, 0) is 12.8 Å². The molecule has 24 heavy (non-hydrogen) atoms. The molecule has 0 aromatic rings. The molecule has 0 radical (unpaired) electrons. The molecule has 1 amide bonds. The minimum atomic E-state index is 0.242. The van der Waals surface area contributed by atoms with Gasteiger partial charge in [-0.15, -0.1) is 0 Å². The van der Waals surface area contributed by atoms with E-state index in [1.54, 1.807) is 6.92 Å². The van der Waals surface area contributed by atoms with Gasteiger partial charge >= 0.3 is 0 Å². The summed E-state index contributed by atoms with van der Waals surface area (Å²) in [4.78, 5) is 13.4. The zero-order chi connectivity index (χ0) is 17.7. The number of quaternary nitrogens is 1. The van der Waals surface area contributed by atoms with Crippen molar-refractivity contribution < 1.29 is 9.28 Å². The van der Waals surface area contributed by atoms with Crippen LogP contribution in [-0.4, -0.2) is 55.1 Å². The fraction of sp³-hybridized carbons (Fsp3) is 0.952. The van der Waals surface area contributed by atoms with E-state index in [1.807, 2.05) is 4.90 Å². The maximum absolute atomic E-state index is 11.4. The van der Waals surface area contributed by atoms with Crippen LogP contribution in [0.15, 0.2) is 0 Å². The first kappa shape index (κ1) is 21.5. The van der Waals surface area contributed by atoms with E-state index in [9.17, 15) is 4.79 Å². The molecular weight excluding hydrogens is 296 g/mol. The molecule has 1 fully saturated rings. The summed E-state index contributed by atoms with van der Waals surface area (Å²) in [6.07, 6.45) is 17.0. The third kappa shape index (κ3) is 9.66. The van der Waals surface area contributed by atoms with E-state index in [4.69, 9.17) is 0 Å². The average Bonchev–Trinajstić information content (AvgIpc) is 2.56. The molecule has 0 bridgehead atoms. The molecule has 142 valence electrons. The molecule has 3 heteroatoms. The van der Waals surface area contributed by atoms with Crippen LogP contribution >= 0.6 is 0 Å². The van der Waals surface area contributed by atoms with Gasteiger partial charge < -0.3 is 9.38 Å². The van der Waals surface area contributed by atoms with Crippen molar-refractivity contribution in [2.45, 2.75) is 90.9 Å². The lowest BCUT2D eigenvalue weighted by Crippen LogP contribution is -2.58. The van der Waals surface area contributed by atoms with Gasteiger partial charge in [-0.25, -0.2) is 0 Å². The number of amides is 1. The lowest BCUT2D eigenvalue weighted by molar-refractivity contribution is -0.913. The summed E-state index contributed by atoms with van der Waals surface area (Å²) in [5, 5.41) is 0. The number of unbranched alkanes of at least 4 members (excludes halogenated alkanes) is 11. The predicted octanol–water partition coefficient (Wildman–Crippen LogP) is 5.00. The van der Waals surface area contributed by atoms with Crippen molar-refractivity contribution in [2.75, 3.05) is 39.8 Å². The molecule has 0 spiro atoms. The average molecular weight is 340 g/mol. The fourth-order valence-electron chi connectivity index (χ4n) is 3.82. The normalized spacial score (nSPS) is 17.2. The topological polar surface area (TPSA) is 20.3 Å². The first-order valence-electron chi connectivity index (χ1n) is 10.7. The Morgan fingerprint density at radius 2 is 1.21 bits per heavy atom. The smallest absolute Gasteiger partial charge is 0.219 e. The monoisotopic (exact) mass is 339 g/mol. The number of nitrogens with zero attached hydrogens (tertiary/aromatic N) is 2. The van der Waals surface area contributed by atoms with Gasteiger partial charge in [-0.1, -0.05) is 71.1 Å². The van der Waals surface area contributed by atoms with Gasteiger partial charge in [-0.2, -0.15) is 0 Å². The van der Waals surface area contributed by atoms with E-state index >= 15 is 0 Å². The van der Waals surface area contributed by atoms with Gasteiger partial charge in [0, 0.05) is 6.92 Å². The molecule has 0 aromatic carbocycles. The van der Waals surface area contributed by atoms with Crippen molar-refractivity contribution in [1.29, 1.82) is 0 Å². The number of piperazine rings is 1. The fourth-order valence-corrected chi connectivity index (χ4v) is 3.82. The van der Waals surface area contributed by atoms with Gasteiger partial charge in [0.05, 0.1) is 39.8 Å². The summed E-state index contributed by atoms with van der Waals surface area (Å²) >= 11 is 0. The lowest BCUT2D eigenvalue weighted by atomic mass is 10.0. The summed E-state index contributed by atoms with van der Waals surface area (Å²) in [6, 6.07) is 0. The zero-order valence-corrected chi connectivity index (χ0v) is 16.8. The Hall–Kier alpha value is -0.570. The second-order valence-corrected chi connectivity index (χ2v) is 8.19. The van der Waals surface area contributed by atoms with E-state index in [2.05, 4.69) is 14.0 Å². The Balaban J connectivity index is 1.89. The Morgan fingerprint density at radius 1 is 0.792 bits per heavy atom. The molecule has 0 unspecified atom stereocenters. The van der Waals surface area contributed by atoms with E-state index in [0.29, 0.717) is 0 Å². The number of carbonyl (C=O) groups excluding carboxylic acids is 1. The largest absolute Gasteiger partial charge is 0.332 e. The van der Waals surface area contributed by atoms with Gasteiger partial charge in [-0.3, -0.25) is 4.79 Å². The van der Waals surface area contributed by atoms with Crippen molar-refractivity contribution >= 4 is 5.91 Å². The first-order valence-corrected chi connectivity index (χ1v) is 10.7. The van der Waals surface area contributed by atoms with Gasteiger partial charge in [0.25, 0.3) is 0 Å². The summed E-state index contributed by atoms with van der Waals surface area (Å²) in [5.41, 5.74) is 0. The van der Waals surface area contributed by atoms with Crippen LogP contribution in [-0.2, 0) is 4.79 Å². The maximum atomic E-state index is 11.4. The van der Waals surface area contributed by atoms with Crippen LogP contribution < -0.4 is 0 Å². The highest BCUT2D eigenvalue weighted by molar-refractivity contribution is 5.73. The van der Waals surface area contributed by atoms with E-state index in [0.717, 1.165) is 26.2 Å². The summed E-state index contributed by atoms with van der Waals surface area (Å²) in [5.74, 6) is 0.242. The number of hydrogen-bond acceptors (Lipinski definition) is 1. The van der Waals surface area contributed by atoms with E-state index < -0.39 is 0 Å². The lowest BCUT2D eigenvalue weighted by Gasteiger charge is -2.41. The second-order valence-electron chi connectivity index (χ2n) is 8.19. The molecule has 0 aliphatic carbocycles. The van der Waals surface area contributed by atoms with Crippen molar-refractivity contribution in [3.05, 3.63) is 0 Å². The Kier molecular flexibility index (Phi) is 11.4. The van der Waals surface area contributed by atoms with E-state index in [-0.39, 0.29) is 5.91 Å². The van der Waals surface area contributed by atoms with Crippen LogP contribution in [0.5, 0.6) is 0 Å². The molecule has 3 nitrogen and oxygen atoms in total. The molecule has 0 N–H and O–H groups in total. The molecule has 0 saturated carbocycles. The quantitative estimate of drug-likeness (QED) is 0.342. The Bertz CT molecular complexity index is 322. The summed E-state index contributed by atoms with van der Waals surface area (Å²) in [7, 11) is 2.37. The molecule has 1 aliphatic heterocycles. The minimum absolute atomic E-state index is 0.242. The highest BCUT2D eigenvalue weighted by Crippen LogP contribution is 2.15. The van der Waals surface area contributed by atoms with Crippen molar-refractivity contribution in [3.8, 4) is 0 Å². The first-order chi connectivity index (χ1) is 11.6. The molecule has 1 rings (SSSR count). The predicted molar refractivity (Wildman–Crippen MR) is 104 cm³/mol. The highest BCUT2D eigenvalue weighted by Gasteiger charge is 2.28. The molecule has 1 aliphatic rings. The van der Waals surface area contributed by atoms with Crippen LogP contribution in [0.3, 0.4) is 0 Å².